The number of hydrogen-bond donors (Lipinski definition) is 1. The van der Waals surface area contributed by atoms with Crippen LogP contribution in [0.4, 0.5) is 4.79 Å². The first kappa shape index (κ1) is 11.7. The van der Waals surface area contributed by atoms with Crippen LogP contribution in [-0.2, 0) is 4.79 Å². The maximum Gasteiger partial charge on any atom is 0.324 e. The molecule has 0 aromatic carbocycles. The lowest BCUT2D eigenvalue weighted by Gasteiger charge is -2.61. The van der Waals surface area contributed by atoms with Gasteiger partial charge in [0.25, 0.3) is 0 Å². The Morgan fingerprint density at radius 2 is 1.58 bits per heavy atom. The molecule has 0 aromatic heterocycles. The Morgan fingerprint density at radius 3 is 2.11 bits per heavy atom. The molecular formula is C15H22N2O2. The van der Waals surface area contributed by atoms with E-state index in [1.54, 1.807) is 0 Å². The molecule has 5 fully saturated rings. The predicted octanol–water partition coefficient (Wildman–Crippen LogP) is 2.14. The van der Waals surface area contributed by atoms with Crippen LogP contribution in [0.5, 0.6) is 0 Å². The Balaban J connectivity index is 1.64. The smallest absolute Gasteiger partial charge is 0.318 e. The molecule has 5 aliphatic rings. The van der Waals surface area contributed by atoms with Gasteiger partial charge < -0.3 is 4.90 Å². The summed E-state index contributed by atoms with van der Waals surface area (Å²) in [6.45, 7) is 2.55. The molecule has 5 rings (SSSR count). The number of carbonyl (C=O) groups excluding carboxylic acids is 2. The molecule has 0 aromatic rings. The lowest BCUT2D eigenvalue weighted by molar-refractivity contribution is -0.129. The second kappa shape index (κ2) is 3.74. The Bertz CT molecular complexity index is 410. The maximum absolute atomic E-state index is 12.3. The van der Waals surface area contributed by atoms with Crippen molar-refractivity contribution in [2.24, 2.45) is 23.7 Å². The molecule has 4 nitrogen and oxygen atoms in total. The highest BCUT2D eigenvalue weighted by atomic mass is 16.2. The minimum absolute atomic E-state index is 0.0642. The molecule has 1 heterocycles. The molecule has 19 heavy (non-hydrogen) atoms. The minimum atomic E-state index is -0.134. The van der Waals surface area contributed by atoms with Gasteiger partial charge in [0.05, 0.1) is 5.92 Å². The average Bonchev–Trinajstić information content (AvgIpc) is 2.32. The molecule has 4 bridgehead atoms. The Hall–Kier alpha value is -1.06. The molecule has 3 amide bonds. The summed E-state index contributed by atoms with van der Waals surface area (Å²) < 4.78 is 0. The number of carbonyl (C=O) groups is 2. The summed E-state index contributed by atoms with van der Waals surface area (Å²) in [5.41, 5.74) is 0.0772. The highest BCUT2D eigenvalue weighted by molar-refractivity contribution is 5.98. The van der Waals surface area contributed by atoms with Crippen molar-refractivity contribution in [2.45, 2.75) is 51.0 Å². The third-order valence-corrected chi connectivity index (χ3v) is 5.96. The normalized spacial score (nSPS) is 48.6. The number of urea groups is 1. The minimum Gasteiger partial charge on any atom is -0.318 e. The van der Waals surface area contributed by atoms with Crippen molar-refractivity contribution in [2.75, 3.05) is 6.54 Å². The number of rotatable bonds is 1. The predicted molar refractivity (Wildman–Crippen MR) is 70.3 cm³/mol. The zero-order chi connectivity index (χ0) is 13.2. The van der Waals surface area contributed by atoms with Gasteiger partial charge in [-0.15, -0.1) is 0 Å². The van der Waals surface area contributed by atoms with Gasteiger partial charge in [-0.25, -0.2) is 4.79 Å². The fourth-order valence-corrected chi connectivity index (χ4v) is 5.54. The number of imide groups is 1. The van der Waals surface area contributed by atoms with Crippen LogP contribution < -0.4 is 5.32 Å². The lowest BCUT2D eigenvalue weighted by atomic mass is 9.52. The fraction of sp³-hybridized carbons (Fsp3) is 0.867. The molecule has 1 unspecified atom stereocenters. The largest absolute Gasteiger partial charge is 0.324 e. The molecule has 1 atom stereocenters. The molecule has 0 spiro atoms. The average molecular weight is 262 g/mol. The monoisotopic (exact) mass is 262 g/mol. The SMILES string of the molecule is CC1CN(C23CC4CC(CC(C4)C2)C3)C(=O)NC1=O. The van der Waals surface area contributed by atoms with Crippen LogP contribution in [0.1, 0.15) is 45.4 Å². The van der Waals surface area contributed by atoms with E-state index >= 15 is 0 Å². The van der Waals surface area contributed by atoms with Crippen molar-refractivity contribution in [3.63, 3.8) is 0 Å². The van der Waals surface area contributed by atoms with Gasteiger partial charge >= 0.3 is 6.03 Å². The van der Waals surface area contributed by atoms with Gasteiger partial charge in [-0.1, -0.05) is 6.92 Å². The van der Waals surface area contributed by atoms with E-state index in [1.165, 1.54) is 38.5 Å². The lowest BCUT2D eigenvalue weighted by Crippen LogP contribution is -2.67. The fourth-order valence-electron chi connectivity index (χ4n) is 5.54. The van der Waals surface area contributed by atoms with Gasteiger partial charge in [0, 0.05) is 12.1 Å². The molecule has 4 aliphatic carbocycles. The Kier molecular flexibility index (Phi) is 2.31. The van der Waals surface area contributed by atoms with Crippen molar-refractivity contribution in [1.29, 1.82) is 0 Å². The summed E-state index contributed by atoms with van der Waals surface area (Å²) in [5, 5.41) is 2.55. The van der Waals surface area contributed by atoms with Crippen LogP contribution in [0.3, 0.4) is 0 Å². The molecule has 4 heteroatoms. The van der Waals surface area contributed by atoms with E-state index in [2.05, 4.69) is 5.32 Å². The van der Waals surface area contributed by atoms with Crippen LogP contribution in [0.2, 0.25) is 0 Å². The quantitative estimate of drug-likeness (QED) is 0.787. The van der Waals surface area contributed by atoms with Gasteiger partial charge in [-0.05, 0) is 56.3 Å². The van der Waals surface area contributed by atoms with Gasteiger partial charge in [0.1, 0.15) is 0 Å². The van der Waals surface area contributed by atoms with Crippen LogP contribution >= 0.6 is 0 Å². The molecule has 0 radical (unpaired) electrons. The highest BCUT2D eigenvalue weighted by Crippen LogP contribution is 2.58. The number of amides is 3. The zero-order valence-corrected chi connectivity index (χ0v) is 11.5. The van der Waals surface area contributed by atoms with Crippen molar-refractivity contribution < 1.29 is 9.59 Å². The maximum atomic E-state index is 12.3. The van der Waals surface area contributed by atoms with E-state index in [4.69, 9.17) is 0 Å². The number of nitrogens with zero attached hydrogens (tertiary/aromatic N) is 1. The molecule has 104 valence electrons. The Morgan fingerprint density at radius 1 is 1.05 bits per heavy atom. The highest BCUT2D eigenvalue weighted by Gasteiger charge is 2.55. The summed E-state index contributed by atoms with van der Waals surface area (Å²) in [6.07, 6.45) is 7.66. The summed E-state index contributed by atoms with van der Waals surface area (Å²) in [4.78, 5) is 25.9. The third-order valence-electron chi connectivity index (χ3n) is 5.96. The van der Waals surface area contributed by atoms with Crippen molar-refractivity contribution in [1.82, 2.24) is 10.2 Å². The molecule has 1 aliphatic heterocycles. The van der Waals surface area contributed by atoms with Gasteiger partial charge in [-0.3, -0.25) is 10.1 Å². The van der Waals surface area contributed by atoms with Crippen molar-refractivity contribution in [3.8, 4) is 0 Å². The van der Waals surface area contributed by atoms with Gasteiger partial charge in [0.15, 0.2) is 0 Å². The van der Waals surface area contributed by atoms with Crippen LogP contribution in [0.25, 0.3) is 0 Å². The number of hydrogen-bond acceptors (Lipinski definition) is 2. The van der Waals surface area contributed by atoms with E-state index in [0.717, 1.165) is 17.8 Å². The second-order valence-corrected chi connectivity index (χ2v) is 7.45. The van der Waals surface area contributed by atoms with Gasteiger partial charge in [0.2, 0.25) is 5.91 Å². The zero-order valence-electron chi connectivity index (χ0n) is 11.5. The van der Waals surface area contributed by atoms with Gasteiger partial charge in [-0.2, -0.15) is 0 Å². The first-order valence-corrected chi connectivity index (χ1v) is 7.68. The standard InChI is InChI=1S/C15H22N2O2/c1-9-8-17(14(19)16-13(9)18)15-5-10-2-11(6-15)4-12(3-10)7-15/h9-12H,2-8H2,1H3,(H,16,18,19). The van der Waals surface area contributed by atoms with E-state index in [-0.39, 0.29) is 23.4 Å². The molecule has 4 saturated carbocycles. The van der Waals surface area contributed by atoms with Crippen molar-refractivity contribution >= 4 is 11.9 Å². The van der Waals surface area contributed by atoms with Crippen LogP contribution in [-0.4, -0.2) is 28.9 Å². The topological polar surface area (TPSA) is 49.4 Å². The Labute approximate surface area is 113 Å². The second-order valence-electron chi connectivity index (χ2n) is 7.45. The first-order valence-electron chi connectivity index (χ1n) is 7.68. The van der Waals surface area contributed by atoms with Crippen molar-refractivity contribution in [3.05, 3.63) is 0 Å². The van der Waals surface area contributed by atoms with E-state index in [0.29, 0.717) is 6.54 Å². The van der Waals surface area contributed by atoms with E-state index < -0.39 is 0 Å². The molecule has 1 N–H and O–H groups in total. The summed E-state index contributed by atoms with van der Waals surface area (Å²) >= 11 is 0. The molecule has 1 saturated heterocycles. The number of nitrogens with one attached hydrogen (secondary N) is 1. The summed E-state index contributed by atoms with van der Waals surface area (Å²) in [6, 6.07) is -0.134. The summed E-state index contributed by atoms with van der Waals surface area (Å²) in [7, 11) is 0. The van der Waals surface area contributed by atoms with E-state index in [1.807, 2.05) is 11.8 Å². The first-order chi connectivity index (χ1) is 9.06. The summed E-state index contributed by atoms with van der Waals surface area (Å²) in [5.74, 6) is 2.31. The van der Waals surface area contributed by atoms with Crippen LogP contribution in [0, 0.1) is 23.7 Å². The van der Waals surface area contributed by atoms with Crippen LogP contribution in [0.15, 0.2) is 0 Å². The van der Waals surface area contributed by atoms with E-state index in [9.17, 15) is 9.59 Å². The molecular weight excluding hydrogens is 240 g/mol. The third kappa shape index (κ3) is 1.65.